The zero-order valence-electron chi connectivity index (χ0n) is 19.4. The van der Waals surface area contributed by atoms with Crippen molar-refractivity contribution < 1.29 is 4.79 Å². The lowest BCUT2D eigenvalue weighted by Crippen LogP contribution is -2.45. The predicted molar refractivity (Wildman–Crippen MR) is 131 cm³/mol. The zero-order valence-corrected chi connectivity index (χ0v) is 19.4. The largest absolute Gasteiger partial charge is 0.307 e. The van der Waals surface area contributed by atoms with Crippen LogP contribution in [-0.4, -0.2) is 30.4 Å². The van der Waals surface area contributed by atoms with Crippen LogP contribution in [0.15, 0.2) is 66.7 Å². The van der Waals surface area contributed by atoms with Gasteiger partial charge in [0.1, 0.15) is 0 Å². The maximum Gasteiger partial charge on any atom is 0.258 e. The summed E-state index contributed by atoms with van der Waals surface area (Å²) in [4.78, 5) is 18.1. The molecular formula is C29H32N2O. The van der Waals surface area contributed by atoms with Crippen LogP contribution in [-0.2, 0) is 12.0 Å². The summed E-state index contributed by atoms with van der Waals surface area (Å²) >= 11 is 0. The second-order valence-corrected chi connectivity index (χ2v) is 9.82. The van der Waals surface area contributed by atoms with Crippen molar-refractivity contribution in [3.05, 3.63) is 100 Å². The van der Waals surface area contributed by atoms with Gasteiger partial charge in [0.2, 0.25) is 0 Å². The van der Waals surface area contributed by atoms with Crippen LogP contribution in [0.5, 0.6) is 0 Å². The Bertz CT molecular complexity index is 1140. The minimum Gasteiger partial charge on any atom is -0.307 e. The van der Waals surface area contributed by atoms with E-state index in [1.54, 1.807) is 0 Å². The van der Waals surface area contributed by atoms with Crippen LogP contribution < -0.4 is 4.90 Å². The highest BCUT2D eigenvalue weighted by atomic mass is 16.2. The van der Waals surface area contributed by atoms with E-state index >= 15 is 0 Å². The number of rotatable bonds is 3. The standard InChI is InChI=1S/C29H32N2O/c1-21-7-10-24(11-8-21)19-30-15-13-29(14-16-30)20-31(27-12-9-23(3)18-26(27)29)28(32)25-6-4-5-22(2)17-25/h4-12,17-18H,13-16,19-20H2,1-3H3. The fraction of sp³-hybridized carbons (Fsp3) is 0.345. The summed E-state index contributed by atoms with van der Waals surface area (Å²) in [5, 5.41) is 0. The fourth-order valence-electron chi connectivity index (χ4n) is 5.42. The predicted octanol–water partition coefficient (Wildman–Crippen LogP) is 5.81. The van der Waals surface area contributed by atoms with Gasteiger partial charge in [0.05, 0.1) is 0 Å². The number of anilines is 1. The molecule has 0 saturated carbocycles. The summed E-state index contributed by atoms with van der Waals surface area (Å²) in [5.41, 5.74) is 8.40. The molecule has 1 amide bonds. The van der Waals surface area contributed by atoms with E-state index < -0.39 is 0 Å². The van der Waals surface area contributed by atoms with Crippen molar-refractivity contribution in [2.45, 2.75) is 45.6 Å². The number of benzene rings is 3. The van der Waals surface area contributed by atoms with E-state index in [4.69, 9.17) is 0 Å². The number of nitrogens with zero attached hydrogens (tertiary/aromatic N) is 2. The van der Waals surface area contributed by atoms with Gasteiger partial charge in [0.15, 0.2) is 0 Å². The number of likely N-dealkylation sites (tertiary alicyclic amines) is 1. The number of aryl methyl sites for hydroxylation is 3. The van der Waals surface area contributed by atoms with E-state index in [0.29, 0.717) is 0 Å². The van der Waals surface area contributed by atoms with E-state index in [-0.39, 0.29) is 11.3 Å². The number of carbonyl (C=O) groups is 1. The number of hydrogen-bond donors (Lipinski definition) is 0. The molecule has 164 valence electrons. The van der Waals surface area contributed by atoms with Crippen molar-refractivity contribution >= 4 is 11.6 Å². The summed E-state index contributed by atoms with van der Waals surface area (Å²) in [5.74, 6) is 0.123. The second kappa shape index (κ2) is 8.22. The van der Waals surface area contributed by atoms with Crippen LogP contribution in [0.3, 0.4) is 0 Å². The Morgan fingerprint density at radius 3 is 2.25 bits per heavy atom. The Morgan fingerprint density at radius 1 is 0.844 bits per heavy atom. The minimum absolute atomic E-state index is 0.0601. The molecule has 0 N–H and O–H groups in total. The molecule has 32 heavy (non-hydrogen) atoms. The van der Waals surface area contributed by atoms with Gasteiger partial charge >= 0.3 is 0 Å². The normalized spacial score (nSPS) is 17.5. The van der Waals surface area contributed by atoms with Gasteiger partial charge < -0.3 is 4.90 Å². The molecule has 3 aromatic carbocycles. The van der Waals surface area contributed by atoms with Gasteiger partial charge in [-0.1, -0.05) is 65.2 Å². The van der Waals surface area contributed by atoms with Crippen molar-refractivity contribution in [1.82, 2.24) is 4.90 Å². The van der Waals surface area contributed by atoms with E-state index in [0.717, 1.165) is 55.8 Å². The highest BCUT2D eigenvalue weighted by Crippen LogP contribution is 2.48. The summed E-state index contributed by atoms with van der Waals surface area (Å²) in [6.45, 7) is 10.3. The van der Waals surface area contributed by atoms with Gasteiger partial charge in [-0.2, -0.15) is 0 Å². The molecule has 3 heteroatoms. The fourth-order valence-corrected chi connectivity index (χ4v) is 5.42. The number of amides is 1. The highest BCUT2D eigenvalue weighted by molar-refractivity contribution is 6.07. The Hall–Kier alpha value is -2.91. The summed E-state index contributed by atoms with van der Waals surface area (Å²) in [6, 6.07) is 23.5. The van der Waals surface area contributed by atoms with Crippen LogP contribution in [0, 0.1) is 20.8 Å². The van der Waals surface area contributed by atoms with E-state index in [1.165, 1.54) is 22.3 Å². The molecule has 0 aromatic heterocycles. The molecule has 1 saturated heterocycles. The molecule has 0 aliphatic carbocycles. The average molecular weight is 425 g/mol. The molecule has 0 bridgehead atoms. The third-order valence-electron chi connectivity index (χ3n) is 7.33. The Labute approximate surface area is 191 Å². The monoisotopic (exact) mass is 424 g/mol. The van der Waals surface area contributed by atoms with Gasteiger partial charge in [-0.05, 0) is 76.0 Å². The first-order chi connectivity index (χ1) is 15.4. The third-order valence-corrected chi connectivity index (χ3v) is 7.33. The Balaban J connectivity index is 1.38. The number of hydrogen-bond acceptors (Lipinski definition) is 2. The van der Waals surface area contributed by atoms with Crippen LogP contribution in [0.25, 0.3) is 0 Å². The van der Waals surface area contributed by atoms with Gasteiger partial charge in [-0.15, -0.1) is 0 Å². The lowest BCUT2D eigenvalue weighted by atomic mass is 9.74. The third kappa shape index (κ3) is 3.86. The van der Waals surface area contributed by atoms with Crippen LogP contribution in [0.2, 0.25) is 0 Å². The Morgan fingerprint density at radius 2 is 1.53 bits per heavy atom. The number of fused-ring (bicyclic) bond motifs is 2. The van der Waals surface area contributed by atoms with Crippen molar-refractivity contribution in [1.29, 1.82) is 0 Å². The molecule has 2 aliphatic heterocycles. The average Bonchev–Trinajstić information content (AvgIpc) is 3.10. The molecule has 1 fully saturated rings. The van der Waals surface area contributed by atoms with Crippen LogP contribution >= 0.6 is 0 Å². The van der Waals surface area contributed by atoms with Crippen molar-refractivity contribution in [3.63, 3.8) is 0 Å². The highest BCUT2D eigenvalue weighted by Gasteiger charge is 2.46. The molecule has 0 radical (unpaired) electrons. The SMILES string of the molecule is Cc1ccc(CN2CCC3(CC2)CN(C(=O)c2cccc(C)c2)c2ccc(C)cc23)cc1. The van der Waals surface area contributed by atoms with Crippen molar-refractivity contribution in [2.24, 2.45) is 0 Å². The summed E-state index contributed by atoms with van der Waals surface area (Å²) in [7, 11) is 0. The van der Waals surface area contributed by atoms with Crippen LogP contribution in [0.1, 0.15) is 51.0 Å². The van der Waals surface area contributed by atoms with Crippen LogP contribution in [0.4, 0.5) is 5.69 Å². The van der Waals surface area contributed by atoms with Crippen molar-refractivity contribution in [3.8, 4) is 0 Å². The molecule has 2 aliphatic rings. The molecule has 0 atom stereocenters. The first kappa shape index (κ1) is 21.0. The topological polar surface area (TPSA) is 23.6 Å². The summed E-state index contributed by atoms with van der Waals surface area (Å²) < 4.78 is 0. The van der Waals surface area contributed by atoms with E-state index in [1.807, 2.05) is 36.1 Å². The molecular weight excluding hydrogens is 392 g/mol. The van der Waals surface area contributed by atoms with Gasteiger partial charge in [-0.25, -0.2) is 0 Å². The number of carbonyl (C=O) groups excluding carboxylic acids is 1. The molecule has 3 nitrogen and oxygen atoms in total. The summed E-state index contributed by atoms with van der Waals surface area (Å²) in [6.07, 6.45) is 2.18. The molecule has 0 unspecified atom stereocenters. The Kier molecular flexibility index (Phi) is 5.38. The lowest BCUT2D eigenvalue weighted by molar-refractivity contribution is 0.0975. The smallest absolute Gasteiger partial charge is 0.258 e. The second-order valence-electron chi connectivity index (χ2n) is 9.82. The van der Waals surface area contributed by atoms with Crippen molar-refractivity contribution in [2.75, 3.05) is 24.5 Å². The first-order valence-corrected chi connectivity index (χ1v) is 11.7. The quantitative estimate of drug-likeness (QED) is 0.530. The first-order valence-electron chi connectivity index (χ1n) is 11.7. The zero-order chi connectivity index (χ0) is 22.3. The molecule has 2 heterocycles. The molecule has 3 aromatic rings. The van der Waals surface area contributed by atoms with Gasteiger partial charge in [0, 0.05) is 29.8 Å². The lowest BCUT2D eigenvalue weighted by Gasteiger charge is -2.40. The molecule has 5 rings (SSSR count). The van der Waals surface area contributed by atoms with Gasteiger partial charge in [0.25, 0.3) is 5.91 Å². The van der Waals surface area contributed by atoms with Gasteiger partial charge in [-0.3, -0.25) is 9.69 Å². The molecule has 1 spiro atoms. The maximum absolute atomic E-state index is 13.5. The van der Waals surface area contributed by atoms with E-state index in [9.17, 15) is 4.79 Å². The minimum atomic E-state index is 0.0601. The van der Waals surface area contributed by atoms with E-state index in [2.05, 4.69) is 61.2 Å². The number of piperidine rings is 1. The maximum atomic E-state index is 13.5.